The van der Waals surface area contributed by atoms with Crippen LogP contribution in [0.2, 0.25) is 0 Å². The fourth-order valence-corrected chi connectivity index (χ4v) is 4.41. The third kappa shape index (κ3) is 4.03. The number of hydrogen-bond donors (Lipinski definition) is 2. The molecule has 0 aromatic heterocycles. The van der Waals surface area contributed by atoms with Gasteiger partial charge in [0, 0.05) is 25.2 Å². The van der Waals surface area contributed by atoms with Crippen LogP contribution in [0.1, 0.15) is 43.4 Å². The molecule has 2 unspecified atom stereocenters. The van der Waals surface area contributed by atoms with Crippen molar-refractivity contribution in [3.63, 3.8) is 0 Å². The minimum absolute atomic E-state index is 0.0820. The fourth-order valence-electron chi connectivity index (χ4n) is 2.74. The van der Waals surface area contributed by atoms with Crippen molar-refractivity contribution in [3.8, 4) is 0 Å². The molecule has 5 nitrogen and oxygen atoms in total. The molecule has 1 heterocycles. The van der Waals surface area contributed by atoms with Gasteiger partial charge < -0.3 is 5.73 Å². The van der Waals surface area contributed by atoms with Gasteiger partial charge in [0.2, 0.25) is 0 Å². The molecule has 0 aliphatic carbocycles. The smallest absolute Gasteiger partial charge is 0.280 e. The molecule has 118 valence electrons. The van der Waals surface area contributed by atoms with E-state index in [0.29, 0.717) is 13.1 Å². The maximum absolute atomic E-state index is 12.6. The van der Waals surface area contributed by atoms with Gasteiger partial charge in [0.05, 0.1) is 0 Å². The van der Waals surface area contributed by atoms with Crippen LogP contribution in [0.3, 0.4) is 0 Å². The van der Waals surface area contributed by atoms with Crippen molar-refractivity contribution in [3.05, 3.63) is 35.4 Å². The molecule has 0 bridgehead atoms. The maximum atomic E-state index is 12.6. The highest BCUT2D eigenvalue weighted by Gasteiger charge is 2.32. The van der Waals surface area contributed by atoms with Gasteiger partial charge in [-0.1, -0.05) is 36.2 Å². The Morgan fingerprint density at radius 2 is 2.00 bits per heavy atom. The maximum Gasteiger partial charge on any atom is 0.280 e. The minimum Gasteiger partial charge on any atom is -0.329 e. The lowest BCUT2D eigenvalue weighted by Gasteiger charge is -2.34. The number of piperidine rings is 1. The number of nitrogens with zero attached hydrogens (tertiary/aromatic N) is 1. The summed E-state index contributed by atoms with van der Waals surface area (Å²) in [6.07, 6.45) is 2.79. The van der Waals surface area contributed by atoms with Crippen molar-refractivity contribution < 1.29 is 8.42 Å². The average Bonchev–Trinajstić information content (AvgIpc) is 2.47. The summed E-state index contributed by atoms with van der Waals surface area (Å²) in [4.78, 5) is 0. The normalized spacial score (nSPS) is 22.1. The zero-order chi connectivity index (χ0) is 15.5. The van der Waals surface area contributed by atoms with Gasteiger partial charge in [-0.3, -0.25) is 0 Å². The van der Waals surface area contributed by atoms with Gasteiger partial charge in [-0.25, -0.2) is 0 Å². The SMILES string of the molecule is Cc1ccc(C(C)NS(=O)(=O)N2CCCCC2CN)cc1. The summed E-state index contributed by atoms with van der Waals surface area (Å²) in [5.41, 5.74) is 7.84. The van der Waals surface area contributed by atoms with Gasteiger partial charge in [0.25, 0.3) is 10.2 Å². The number of rotatable bonds is 5. The summed E-state index contributed by atoms with van der Waals surface area (Å²) in [5, 5.41) is 0. The molecule has 0 spiro atoms. The Balaban J connectivity index is 2.10. The number of nitrogens with one attached hydrogen (secondary N) is 1. The summed E-state index contributed by atoms with van der Waals surface area (Å²) in [7, 11) is -3.50. The third-order valence-corrected chi connectivity index (χ3v) is 5.81. The Bertz CT molecular complexity index is 557. The Morgan fingerprint density at radius 3 is 2.62 bits per heavy atom. The Kier molecular flexibility index (Phi) is 5.37. The van der Waals surface area contributed by atoms with Crippen molar-refractivity contribution >= 4 is 10.2 Å². The lowest BCUT2D eigenvalue weighted by atomic mass is 10.1. The van der Waals surface area contributed by atoms with Gasteiger partial charge in [-0.2, -0.15) is 17.4 Å². The lowest BCUT2D eigenvalue weighted by molar-refractivity contribution is 0.253. The molecule has 1 aliphatic rings. The standard InChI is InChI=1S/C15H25N3O2S/c1-12-6-8-14(9-7-12)13(2)17-21(19,20)18-10-4-3-5-15(18)11-16/h6-9,13,15,17H,3-5,10-11,16H2,1-2H3. The van der Waals surface area contributed by atoms with Crippen LogP contribution in [-0.2, 0) is 10.2 Å². The molecule has 1 aliphatic heterocycles. The molecule has 1 saturated heterocycles. The second-order valence-electron chi connectivity index (χ2n) is 5.75. The van der Waals surface area contributed by atoms with Gasteiger partial charge in [0.15, 0.2) is 0 Å². The molecule has 0 saturated carbocycles. The summed E-state index contributed by atoms with van der Waals surface area (Å²) < 4.78 is 29.4. The van der Waals surface area contributed by atoms with E-state index in [0.717, 1.165) is 30.4 Å². The van der Waals surface area contributed by atoms with E-state index < -0.39 is 10.2 Å². The number of hydrogen-bond acceptors (Lipinski definition) is 3. The first-order valence-corrected chi connectivity index (χ1v) is 8.94. The van der Waals surface area contributed by atoms with Crippen molar-refractivity contribution in [2.45, 2.75) is 45.2 Å². The second kappa shape index (κ2) is 6.87. The topological polar surface area (TPSA) is 75.4 Å². The van der Waals surface area contributed by atoms with E-state index in [1.54, 1.807) is 0 Å². The molecule has 1 aromatic rings. The van der Waals surface area contributed by atoms with Crippen molar-refractivity contribution in [1.82, 2.24) is 9.03 Å². The zero-order valence-electron chi connectivity index (χ0n) is 12.7. The Labute approximate surface area is 127 Å². The van der Waals surface area contributed by atoms with Gasteiger partial charge in [-0.05, 0) is 32.3 Å². The van der Waals surface area contributed by atoms with Crippen LogP contribution in [0.4, 0.5) is 0 Å². The van der Waals surface area contributed by atoms with Gasteiger partial charge >= 0.3 is 0 Å². The Morgan fingerprint density at radius 1 is 1.33 bits per heavy atom. The van der Waals surface area contributed by atoms with Crippen LogP contribution in [0, 0.1) is 6.92 Å². The van der Waals surface area contributed by atoms with Crippen LogP contribution in [0.15, 0.2) is 24.3 Å². The quantitative estimate of drug-likeness (QED) is 0.869. The molecule has 1 fully saturated rings. The Hall–Kier alpha value is -0.950. The first-order valence-electron chi connectivity index (χ1n) is 7.50. The average molecular weight is 311 g/mol. The van der Waals surface area contributed by atoms with Crippen molar-refractivity contribution in [2.24, 2.45) is 5.73 Å². The first kappa shape index (κ1) is 16.4. The third-order valence-electron chi connectivity index (χ3n) is 4.06. The van der Waals surface area contributed by atoms with Gasteiger partial charge in [0.1, 0.15) is 0 Å². The summed E-state index contributed by atoms with van der Waals surface area (Å²) in [6.45, 7) is 4.81. The van der Waals surface area contributed by atoms with E-state index in [4.69, 9.17) is 5.73 Å². The minimum atomic E-state index is -3.50. The molecule has 2 atom stereocenters. The summed E-state index contributed by atoms with van der Waals surface area (Å²) in [5.74, 6) is 0. The van der Waals surface area contributed by atoms with Crippen molar-refractivity contribution in [2.75, 3.05) is 13.1 Å². The van der Waals surface area contributed by atoms with Crippen LogP contribution in [0.5, 0.6) is 0 Å². The molecule has 6 heteroatoms. The first-order chi connectivity index (χ1) is 9.94. The summed E-state index contributed by atoms with van der Waals surface area (Å²) in [6, 6.07) is 7.56. The van der Waals surface area contributed by atoms with E-state index >= 15 is 0 Å². The molecule has 0 radical (unpaired) electrons. The van der Waals surface area contributed by atoms with E-state index in [9.17, 15) is 8.42 Å². The molecular weight excluding hydrogens is 286 g/mol. The molecule has 2 rings (SSSR count). The number of aryl methyl sites for hydroxylation is 1. The molecule has 3 N–H and O–H groups in total. The van der Waals surface area contributed by atoms with Crippen LogP contribution < -0.4 is 10.5 Å². The van der Waals surface area contributed by atoms with E-state index in [1.165, 1.54) is 4.31 Å². The van der Waals surface area contributed by atoms with E-state index in [1.807, 2.05) is 38.1 Å². The van der Waals surface area contributed by atoms with E-state index in [2.05, 4.69) is 4.72 Å². The molecule has 0 amide bonds. The number of nitrogens with two attached hydrogens (primary N) is 1. The predicted octanol–water partition coefficient (Wildman–Crippen LogP) is 1.70. The van der Waals surface area contributed by atoms with Crippen LogP contribution in [0.25, 0.3) is 0 Å². The van der Waals surface area contributed by atoms with Crippen LogP contribution >= 0.6 is 0 Å². The zero-order valence-corrected chi connectivity index (χ0v) is 13.6. The highest BCUT2D eigenvalue weighted by atomic mass is 32.2. The number of benzene rings is 1. The summed E-state index contributed by atoms with van der Waals surface area (Å²) >= 11 is 0. The highest BCUT2D eigenvalue weighted by Crippen LogP contribution is 2.21. The largest absolute Gasteiger partial charge is 0.329 e. The van der Waals surface area contributed by atoms with Crippen molar-refractivity contribution in [1.29, 1.82) is 0 Å². The predicted molar refractivity (Wildman–Crippen MR) is 85.0 cm³/mol. The fraction of sp³-hybridized carbons (Fsp3) is 0.600. The molecule has 21 heavy (non-hydrogen) atoms. The van der Waals surface area contributed by atoms with E-state index in [-0.39, 0.29) is 12.1 Å². The van der Waals surface area contributed by atoms with Crippen LogP contribution in [-0.4, -0.2) is 31.9 Å². The second-order valence-corrected chi connectivity index (χ2v) is 7.41. The van der Waals surface area contributed by atoms with Gasteiger partial charge in [-0.15, -0.1) is 0 Å². The molecule has 1 aromatic carbocycles. The highest BCUT2D eigenvalue weighted by molar-refractivity contribution is 7.87. The lowest BCUT2D eigenvalue weighted by Crippen LogP contribution is -2.52. The monoisotopic (exact) mass is 311 g/mol. The molecular formula is C15H25N3O2S.